The number of halogens is 1. The summed E-state index contributed by atoms with van der Waals surface area (Å²) in [5.41, 5.74) is 3.60. The molecular formula is C17H15FN2. The zero-order valence-corrected chi connectivity index (χ0v) is 11.2. The maximum absolute atomic E-state index is 13.5. The number of hydrogen-bond donors (Lipinski definition) is 1. The molecule has 0 aliphatic rings. The van der Waals surface area contributed by atoms with Gasteiger partial charge in [-0.25, -0.2) is 4.39 Å². The van der Waals surface area contributed by atoms with Crippen LogP contribution in [0.25, 0.3) is 10.9 Å². The van der Waals surface area contributed by atoms with E-state index in [1.165, 1.54) is 6.07 Å². The minimum absolute atomic E-state index is 0.186. The number of fused-ring (bicyclic) bond motifs is 1. The van der Waals surface area contributed by atoms with E-state index in [1.807, 2.05) is 30.3 Å². The van der Waals surface area contributed by atoms with Crippen molar-refractivity contribution in [3.05, 3.63) is 71.7 Å². The summed E-state index contributed by atoms with van der Waals surface area (Å²) in [6, 6.07) is 15.1. The zero-order chi connectivity index (χ0) is 13.9. The van der Waals surface area contributed by atoms with Gasteiger partial charge in [0, 0.05) is 29.4 Å². The van der Waals surface area contributed by atoms with Crippen molar-refractivity contribution in [3.8, 4) is 0 Å². The molecule has 0 atom stereocenters. The lowest BCUT2D eigenvalue weighted by Gasteiger charge is -2.11. The van der Waals surface area contributed by atoms with Gasteiger partial charge in [-0.1, -0.05) is 24.3 Å². The van der Waals surface area contributed by atoms with Crippen LogP contribution in [0, 0.1) is 12.7 Å². The van der Waals surface area contributed by atoms with Gasteiger partial charge in [-0.3, -0.25) is 4.98 Å². The Morgan fingerprint density at radius 3 is 2.80 bits per heavy atom. The fraction of sp³-hybridized carbons (Fsp3) is 0.118. The SMILES string of the molecule is Cc1c(F)cccc1NCc1ccnc2ccccc12. The third-order valence-corrected chi connectivity index (χ3v) is 3.48. The largest absolute Gasteiger partial charge is 0.381 e. The average molecular weight is 266 g/mol. The van der Waals surface area contributed by atoms with E-state index in [1.54, 1.807) is 19.2 Å². The molecule has 3 heteroatoms. The Kier molecular flexibility index (Phi) is 3.33. The quantitative estimate of drug-likeness (QED) is 0.764. The highest BCUT2D eigenvalue weighted by Gasteiger charge is 2.05. The monoisotopic (exact) mass is 266 g/mol. The molecule has 100 valence electrons. The van der Waals surface area contributed by atoms with Crippen LogP contribution in [0.3, 0.4) is 0 Å². The summed E-state index contributed by atoms with van der Waals surface area (Å²) in [5.74, 6) is -0.186. The highest BCUT2D eigenvalue weighted by molar-refractivity contribution is 5.82. The van der Waals surface area contributed by atoms with Crippen LogP contribution < -0.4 is 5.32 Å². The van der Waals surface area contributed by atoms with Crippen molar-refractivity contribution in [3.63, 3.8) is 0 Å². The summed E-state index contributed by atoms with van der Waals surface area (Å²) in [6.07, 6.45) is 1.80. The Morgan fingerprint density at radius 2 is 1.90 bits per heavy atom. The van der Waals surface area contributed by atoms with Gasteiger partial charge in [0.1, 0.15) is 5.82 Å². The fourth-order valence-corrected chi connectivity index (χ4v) is 2.30. The van der Waals surface area contributed by atoms with Crippen LogP contribution in [0.4, 0.5) is 10.1 Å². The molecule has 0 bridgehead atoms. The second kappa shape index (κ2) is 5.29. The molecule has 3 aromatic rings. The van der Waals surface area contributed by atoms with E-state index in [0.717, 1.165) is 22.2 Å². The molecule has 0 aliphatic carbocycles. The molecule has 1 N–H and O–H groups in total. The molecule has 0 unspecified atom stereocenters. The molecule has 2 nitrogen and oxygen atoms in total. The topological polar surface area (TPSA) is 24.9 Å². The molecule has 0 radical (unpaired) electrons. The van der Waals surface area contributed by atoms with Crippen LogP contribution in [-0.2, 0) is 6.54 Å². The van der Waals surface area contributed by atoms with Gasteiger partial charge in [-0.05, 0) is 36.8 Å². The van der Waals surface area contributed by atoms with Crippen molar-refractivity contribution in [2.24, 2.45) is 0 Å². The first-order valence-electron chi connectivity index (χ1n) is 6.57. The van der Waals surface area contributed by atoms with Gasteiger partial charge in [0.25, 0.3) is 0 Å². The van der Waals surface area contributed by atoms with Crippen molar-refractivity contribution in [2.75, 3.05) is 5.32 Å². The molecule has 20 heavy (non-hydrogen) atoms. The van der Waals surface area contributed by atoms with E-state index < -0.39 is 0 Å². The van der Waals surface area contributed by atoms with Crippen molar-refractivity contribution >= 4 is 16.6 Å². The van der Waals surface area contributed by atoms with Gasteiger partial charge in [0.15, 0.2) is 0 Å². The number of pyridine rings is 1. The number of rotatable bonds is 3. The summed E-state index contributed by atoms with van der Waals surface area (Å²) in [4.78, 5) is 4.34. The minimum atomic E-state index is -0.186. The molecule has 3 rings (SSSR count). The number of nitrogens with zero attached hydrogens (tertiary/aromatic N) is 1. The molecule has 2 aromatic carbocycles. The molecule has 0 amide bonds. The summed E-state index contributed by atoms with van der Waals surface area (Å²) in [6.45, 7) is 2.43. The normalized spacial score (nSPS) is 10.7. The van der Waals surface area contributed by atoms with E-state index in [0.29, 0.717) is 12.1 Å². The predicted molar refractivity (Wildman–Crippen MR) is 80.2 cm³/mol. The van der Waals surface area contributed by atoms with E-state index in [2.05, 4.69) is 16.4 Å². The van der Waals surface area contributed by atoms with Crippen LogP contribution in [-0.4, -0.2) is 4.98 Å². The molecule has 0 fully saturated rings. The Balaban J connectivity index is 1.89. The minimum Gasteiger partial charge on any atom is -0.381 e. The first-order valence-corrected chi connectivity index (χ1v) is 6.57. The molecule has 0 saturated carbocycles. The number of anilines is 1. The molecule has 1 aromatic heterocycles. The third-order valence-electron chi connectivity index (χ3n) is 3.48. The van der Waals surface area contributed by atoms with Gasteiger partial charge < -0.3 is 5.32 Å². The summed E-state index contributed by atoms with van der Waals surface area (Å²) in [7, 11) is 0. The van der Waals surface area contributed by atoms with E-state index >= 15 is 0 Å². The lowest BCUT2D eigenvalue weighted by atomic mass is 10.1. The second-order valence-electron chi connectivity index (χ2n) is 4.75. The standard InChI is InChI=1S/C17H15FN2/c1-12-15(18)6-4-8-16(12)20-11-13-9-10-19-17-7-3-2-5-14(13)17/h2-10,20H,11H2,1H3. The lowest BCUT2D eigenvalue weighted by Crippen LogP contribution is -2.03. The first-order chi connectivity index (χ1) is 9.75. The van der Waals surface area contributed by atoms with Crippen LogP contribution >= 0.6 is 0 Å². The molecule has 0 aliphatic heterocycles. The van der Waals surface area contributed by atoms with Crippen molar-refractivity contribution in [1.82, 2.24) is 4.98 Å². The maximum atomic E-state index is 13.5. The van der Waals surface area contributed by atoms with Gasteiger partial charge >= 0.3 is 0 Å². The Bertz CT molecular complexity index is 748. The zero-order valence-electron chi connectivity index (χ0n) is 11.2. The third kappa shape index (κ3) is 2.35. The molecule has 0 saturated heterocycles. The average Bonchev–Trinajstić information content (AvgIpc) is 2.49. The Morgan fingerprint density at radius 1 is 1.05 bits per heavy atom. The van der Waals surface area contributed by atoms with Crippen LogP contribution in [0.15, 0.2) is 54.7 Å². The summed E-state index contributed by atoms with van der Waals surface area (Å²) in [5, 5.41) is 4.42. The van der Waals surface area contributed by atoms with Crippen molar-refractivity contribution < 1.29 is 4.39 Å². The smallest absolute Gasteiger partial charge is 0.128 e. The fourth-order valence-electron chi connectivity index (χ4n) is 2.30. The van der Waals surface area contributed by atoms with Crippen molar-refractivity contribution in [1.29, 1.82) is 0 Å². The summed E-state index contributed by atoms with van der Waals surface area (Å²) < 4.78 is 13.5. The first kappa shape index (κ1) is 12.6. The highest BCUT2D eigenvalue weighted by atomic mass is 19.1. The van der Waals surface area contributed by atoms with E-state index in [9.17, 15) is 4.39 Å². The van der Waals surface area contributed by atoms with Gasteiger partial charge in [0.2, 0.25) is 0 Å². The number of nitrogens with one attached hydrogen (secondary N) is 1. The molecular weight excluding hydrogens is 251 g/mol. The second-order valence-corrected chi connectivity index (χ2v) is 4.75. The van der Waals surface area contributed by atoms with Crippen LogP contribution in [0.5, 0.6) is 0 Å². The van der Waals surface area contributed by atoms with Crippen molar-refractivity contribution in [2.45, 2.75) is 13.5 Å². The number of aromatic nitrogens is 1. The summed E-state index contributed by atoms with van der Waals surface area (Å²) >= 11 is 0. The van der Waals surface area contributed by atoms with Crippen LogP contribution in [0.1, 0.15) is 11.1 Å². The lowest BCUT2D eigenvalue weighted by molar-refractivity contribution is 0.619. The van der Waals surface area contributed by atoms with E-state index in [-0.39, 0.29) is 5.82 Å². The van der Waals surface area contributed by atoms with Gasteiger partial charge in [-0.15, -0.1) is 0 Å². The van der Waals surface area contributed by atoms with Gasteiger partial charge in [-0.2, -0.15) is 0 Å². The number of hydrogen-bond acceptors (Lipinski definition) is 2. The Labute approximate surface area is 117 Å². The predicted octanol–water partition coefficient (Wildman–Crippen LogP) is 4.29. The van der Waals surface area contributed by atoms with Gasteiger partial charge in [0.05, 0.1) is 5.52 Å². The van der Waals surface area contributed by atoms with Crippen LogP contribution in [0.2, 0.25) is 0 Å². The maximum Gasteiger partial charge on any atom is 0.128 e. The number of para-hydroxylation sites is 1. The van der Waals surface area contributed by atoms with E-state index in [4.69, 9.17) is 0 Å². The molecule has 0 spiro atoms. The Hall–Kier alpha value is -2.42. The molecule has 1 heterocycles. The number of benzene rings is 2. The highest BCUT2D eigenvalue weighted by Crippen LogP contribution is 2.21.